The normalized spacial score (nSPS) is 10.2. The van der Waals surface area contributed by atoms with E-state index in [0.29, 0.717) is 24.4 Å². The third kappa shape index (κ3) is 4.01. The molecule has 0 aliphatic rings. The molecule has 1 amide bonds. The van der Waals surface area contributed by atoms with Gasteiger partial charge in [-0.15, -0.1) is 0 Å². The van der Waals surface area contributed by atoms with Crippen LogP contribution in [-0.4, -0.2) is 28.8 Å². The molecule has 1 aromatic carbocycles. The van der Waals surface area contributed by atoms with Gasteiger partial charge in [0.25, 0.3) is 5.91 Å². The summed E-state index contributed by atoms with van der Waals surface area (Å²) in [4.78, 5) is 11.6. The highest BCUT2D eigenvalue weighted by Crippen LogP contribution is 2.19. The first-order chi connectivity index (χ1) is 9.65. The summed E-state index contributed by atoms with van der Waals surface area (Å²) < 4.78 is 7.08. The molecule has 2 aromatic rings. The van der Waals surface area contributed by atoms with Crippen LogP contribution in [0.4, 0.5) is 5.69 Å². The van der Waals surface area contributed by atoms with E-state index >= 15 is 0 Å². The van der Waals surface area contributed by atoms with Crippen LogP contribution >= 0.6 is 0 Å². The topological polar surface area (TPSA) is 82.2 Å². The maximum absolute atomic E-state index is 11.6. The van der Waals surface area contributed by atoms with Crippen molar-refractivity contribution in [2.45, 2.75) is 6.42 Å². The summed E-state index contributed by atoms with van der Waals surface area (Å²) >= 11 is 0. The van der Waals surface area contributed by atoms with Crippen LogP contribution < -0.4 is 15.8 Å². The largest absolute Gasteiger partial charge is 0.482 e. The van der Waals surface area contributed by atoms with Gasteiger partial charge in [-0.25, -0.2) is 0 Å². The number of rotatable bonds is 6. The minimum Gasteiger partial charge on any atom is -0.482 e. The summed E-state index contributed by atoms with van der Waals surface area (Å²) in [6.07, 6.45) is 2.57. The zero-order valence-electron chi connectivity index (χ0n) is 11.4. The van der Waals surface area contributed by atoms with Crippen molar-refractivity contribution in [3.05, 3.63) is 42.2 Å². The van der Waals surface area contributed by atoms with Gasteiger partial charge in [-0.1, -0.05) is 12.1 Å². The van der Waals surface area contributed by atoms with Gasteiger partial charge in [0.05, 0.1) is 11.4 Å². The van der Waals surface area contributed by atoms with Crippen molar-refractivity contribution >= 4 is 11.6 Å². The number of nitrogens with one attached hydrogen (secondary N) is 1. The number of amides is 1. The van der Waals surface area contributed by atoms with Crippen molar-refractivity contribution in [2.24, 2.45) is 7.05 Å². The molecule has 0 atom stereocenters. The quantitative estimate of drug-likeness (QED) is 0.761. The lowest BCUT2D eigenvalue weighted by Crippen LogP contribution is -2.30. The molecule has 0 bridgehead atoms. The molecule has 0 unspecified atom stereocenters. The standard InChI is InChI=1S/C14H18N4O2/c1-18-9-7-11(17-18)6-8-16-14(19)10-20-13-5-3-2-4-12(13)15/h2-5,7,9H,6,8,10,15H2,1H3,(H,16,19). The molecule has 0 aliphatic heterocycles. The van der Waals surface area contributed by atoms with Gasteiger partial charge in [-0.3, -0.25) is 9.48 Å². The van der Waals surface area contributed by atoms with Crippen molar-refractivity contribution in [1.29, 1.82) is 0 Å². The van der Waals surface area contributed by atoms with Gasteiger partial charge >= 0.3 is 0 Å². The first-order valence-corrected chi connectivity index (χ1v) is 6.37. The van der Waals surface area contributed by atoms with Crippen LogP contribution in [0, 0.1) is 0 Å². The third-order valence-electron chi connectivity index (χ3n) is 2.75. The molecule has 3 N–H and O–H groups in total. The van der Waals surface area contributed by atoms with Crippen LogP contribution in [0.2, 0.25) is 0 Å². The van der Waals surface area contributed by atoms with E-state index < -0.39 is 0 Å². The van der Waals surface area contributed by atoms with Gasteiger partial charge in [0, 0.05) is 26.2 Å². The Bertz CT molecular complexity index is 580. The molecule has 2 rings (SSSR count). The lowest BCUT2D eigenvalue weighted by Gasteiger charge is -2.08. The fraction of sp³-hybridized carbons (Fsp3) is 0.286. The molecule has 0 fully saturated rings. The van der Waals surface area contributed by atoms with Gasteiger partial charge in [0.15, 0.2) is 6.61 Å². The average Bonchev–Trinajstić information content (AvgIpc) is 2.83. The lowest BCUT2D eigenvalue weighted by atomic mass is 10.3. The van der Waals surface area contributed by atoms with Gasteiger partial charge in [0.1, 0.15) is 5.75 Å². The number of carbonyl (C=O) groups excluding carboxylic acids is 1. The molecule has 106 valence electrons. The average molecular weight is 274 g/mol. The number of anilines is 1. The first kappa shape index (κ1) is 13.9. The summed E-state index contributed by atoms with van der Waals surface area (Å²) in [5.41, 5.74) is 7.19. The molecule has 0 saturated carbocycles. The smallest absolute Gasteiger partial charge is 0.257 e. The first-order valence-electron chi connectivity index (χ1n) is 6.37. The highest BCUT2D eigenvalue weighted by atomic mass is 16.5. The maximum Gasteiger partial charge on any atom is 0.257 e. The Morgan fingerprint density at radius 3 is 2.90 bits per heavy atom. The highest BCUT2D eigenvalue weighted by Gasteiger charge is 2.05. The van der Waals surface area contributed by atoms with Crippen LogP contribution in [0.3, 0.4) is 0 Å². The number of aryl methyl sites for hydroxylation is 1. The van der Waals surface area contributed by atoms with Crippen molar-refractivity contribution in [3.63, 3.8) is 0 Å². The Balaban J connectivity index is 1.69. The monoisotopic (exact) mass is 274 g/mol. The molecule has 20 heavy (non-hydrogen) atoms. The van der Waals surface area contributed by atoms with E-state index in [2.05, 4.69) is 10.4 Å². The van der Waals surface area contributed by atoms with Crippen LogP contribution in [0.15, 0.2) is 36.5 Å². The van der Waals surface area contributed by atoms with Crippen molar-refractivity contribution in [1.82, 2.24) is 15.1 Å². The summed E-state index contributed by atoms with van der Waals surface area (Å²) in [6.45, 7) is 0.486. The maximum atomic E-state index is 11.6. The molecule has 1 heterocycles. The number of nitrogens with two attached hydrogens (primary N) is 1. The third-order valence-corrected chi connectivity index (χ3v) is 2.75. The van der Waals surface area contributed by atoms with Crippen LogP contribution in [0.5, 0.6) is 5.75 Å². The number of hydrogen-bond donors (Lipinski definition) is 2. The zero-order chi connectivity index (χ0) is 14.4. The molecule has 0 saturated heterocycles. The Morgan fingerprint density at radius 2 is 2.20 bits per heavy atom. The van der Waals surface area contributed by atoms with Gasteiger partial charge in [-0.05, 0) is 18.2 Å². The molecule has 1 aromatic heterocycles. The van der Waals surface area contributed by atoms with E-state index in [0.717, 1.165) is 5.69 Å². The van der Waals surface area contributed by atoms with E-state index in [1.54, 1.807) is 16.8 Å². The van der Waals surface area contributed by atoms with E-state index in [1.165, 1.54) is 0 Å². The number of carbonyl (C=O) groups is 1. The second kappa shape index (κ2) is 6.60. The van der Waals surface area contributed by atoms with Crippen molar-refractivity contribution in [3.8, 4) is 5.75 Å². The highest BCUT2D eigenvalue weighted by molar-refractivity contribution is 5.77. The molecular weight excluding hydrogens is 256 g/mol. The van der Waals surface area contributed by atoms with Crippen molar-refractivity contribution < 1.29 is 9.53 Å². The lowest BCUT2D eigenvalue weighted by molar-refractivity contribution is -0.123. The molecule has 0 aliphatic carbocycles. The van der Waals surface area contributed by atoms with Crippen LogP contribution in [0.25, 0.3) is 0 Å². The Morgan fingerprint density at radius 1 is 1.40 bits per heavy atom. The summed E-state index contributed by atoms with van der Waals surface area (Å²) in [7, 11) is 1.86. The molecule has 6 nitrogen and oxygen atoms in total. The number of aromatic nitrogens is 2. The Labute approximate surface area is 117 Å². The zero-order valence-corrected chi connectivity index (χ0v) is 11.4. The van der Waals surface area contributed by atoms with E-state index in [9.17, 15) is 4.79 Å². The number of para-hydroxylation sites is 2. The number of nitrogen functional groups attached to an aromatic ring is 1. The predicted octanol–water partition coefficient (Wildman–Crippen LogP) is 0.740. The summed E-state index contributed by atoms with van der Waals surface area (Å²) in [5, 5.41) is 7.01. The molecule has 0 radical (unpaired) electrons. The second-order valence-electron chi connectivity index (χ2n) is 4.41. The fourth-order valence-electron chi connectivity index (χ4n) is 1.73. The molecule has 6 heteroatoms. The minimum absolute atomic E-state index is 0.0452. The van der Waals surface area contributed by atoms with E-state index in [1.807, 2.05) is 31.4 Å². The number of hydrogen-bond acceptors (Lipinski definition) is 4. The van der Waals surface area contributed by atoms with Crippen molar-refractivity contribution in [2.75, 3.05) is 18.9 Å². The molecular formula is C14H18N4O2. The van der Waals surface area contributed by atoms with Gasteiger partial charge in [-0.2, -0.15) is 5.10 Å². The van der Waals surface area contributed by atoms with Crippen LogP contribution in [-0.2, 0) is 18.3 Å². The Hall–Kier alpha value is -2.50. The fourth-order valence-corrected chi connectivity index (χ4v) is 1.73. The number of ether oxygens (including phenoxy) is 1. The summed E-state index contributed by atoms with van der Waals surface area (Å²) in [6, 6.07) is 9.01. The van der Waals surface area contributed by atoms with Gasteiger partial charge in [0.2, 0.25) is 0 Å². The number of nitrogens with zero attached hydrogens (tertiary/aromatic N) is 2. The Kier molecular flexibility index (Phi) is 4.60. The van der Waals surface area contributed by atoms with E-state index in [4.69, 9.17) is 10.5 Å². The number of benzene rings is 1. The predicted molar refractivity (Wildman–Crippen MR) is 76.3 cm³/mol. The molecule has 0 spiro atoms. The summed E-state index contributed by atoms with van der Waals surface area (Å²) in [5.74, 6) is 0.344. The minimum atomic E-state index is -0.177. The second-order valence-corrected chi connectivity index (χ2v) is 4.41. The van der Waals surface area contributed by atoms with E-state index in [-0.39, 0.29) is 12.5 Å². The van der Waals surface area contributed by atoms with Gasteiger partial charge < -0.3 is 15.8 Å². The van der Waals surface area contributed by atoms with Crippen LogP contribution in [0.1, 0.15) is 5.69 Å². The SMILES string of the molecule is Cn1ccc(CCNC(=O)COc2ccccc2N)n1.